The van der Waals surface area contributed by atoms with E-state index < -0.39 is 11.2 Å². The van der Waals surface area contributed by atoms with Gasteiger partial charge in [0.1, 0.15) is 6.61 Å². The number of carbonyl (C=O) groups is 2. The third-order valence-corrected chi connectivity index (χ3v) is 5.67. The third-order valence-electron chi connectivity index (χ3n) is 5.67. The van der Waals surface area contributed by atoms with Crippen LogP contribution in [0.5, 0.6) is 5.75 Å². The summed E-state index contributed by atoms with van der Waals surface area (Å²) in [7, 11) is 1.75. The molecule has 0 N–H and O–H groups in total. The number of ether oxygens (including phenoxy) is 1. The van der Waals surface area contributed by atoms with Crippen LogP contribution < -0.4 is 4.74 Å². The number of likely N-dealkylation sites (tertiary alicyclic amines) is 1. The van der Waals surface area contributed by atoms with Crippen LogP contribution in [0.3, 0.4) is 0 Å². The molecule has 2 amide bonds. The fourth-order valence-corrected chi connectivity index (χ4v) is 3.91. The maximum absolute atomic E-state index is 13.7. The fraction of sp³-hybridized carbons (Fsp3) is 0.391. The first kappa shape index (κ1) is 20.8. The second-order valence-electron chi connectivity index (χ2n) is 7.46. The number of halogens is 1. The van der Waals surface area contributed by atoms with Crippen LogP contribution in [0.25, 0.3) is 0 Å². The normalized spacial score (nSPS) is 15.6. The van der Waals surface area contributed by atoms with E-state index in [9.17, 15) is 14.0 Å². The van der Waals surface area contributed by atoms with E-state index in [0.29, 0.717) is 32.5 Å². The number of likely N-dealkylation sites (N-methyl/N-ethyl adjacent to an activating group) is 1. The number of amides is 2. The first-order valence-electron chi connectivity index (χ1n) is 9.88. The van der Waals surface area contributed by atoms with Crippen molar-refractivity contribution in [3.8, 4) is 5.75 Å². The van der Waals surface area contributed by atoms with Gasteiger partial charge in [0, 0.05) is 27.1 Å². The Morgan fingerprint density at radius 2 is 1.69 bits per heavy atom. The van der Waals surface area contributed by atoms with Crippen molar-refractivity contribution in [3.63, 3.8) is 0 Å². The molecule has 0 bridgehead atoms. The number of para-hydroxylation sites is 1. The van der Waals surface area contributed by atoms with E-state index in [1.54, 1.807) is 42.0 Å². The zero-order chi connectivity index (χ0) is 20.9. The molecule has 0 aliphatic carbocycles. The third kappa shape index (κ3) is 4.58. The molecule has 6 heteroatoms. The Hall–Kier alpha value is -2.89. The quantitative estimate of drug-likeness (QED) is 0.751. The summed E-state index contributed by atoms with van der Waals surface area (Å²) in [6.45, 7) is 3.21. The summed E-state index contributed by atoms with van der Waals surface area (Å²) in [4.78, 5) is 28.7. The zero-order valence-corrected chi connectivity index (χ0v) is 16.9. The molecular weight excluding hydrogens is 371 g/mol. The Balaban J connectivity index is 1.71. The number of piperidine rings is 1. The van der Waals surface area contributed by atoms with E-state index in [-0.39, 0.29) is 24.2 Å². The van der Waals surface area contributed by atoms with Crippen LogP contribution >= 0.6 is 0 Å². The molecule has 1 aliphatic rings. The van der Waals surface area contributed by atoms with Gasteiger partial charge in [-0.2, -0.15) is 0 Å². The molecule has 3 rings (SSSR count). The first-order chi connectivity index (χ1) is 13.9. The Morgan fingerprint density at radius 1 is 1.07 bits per heavy atom. The van der Waals surface area contributed by atoms with Crippen molar-refractivity contribution in [2.45, 2.75) is 25.2 Å². The minimum Gasteiger partial charge on any atom is -0.489 e. The van der Waals surface area contributed by atoms with E-state index in [2.05, 4.69) is 0 Å². The van der Waals surface area contributed by atoms with Gasteiger partial charge in [-0.1, -0.05) is 42.5 Å². The van der Waals surface area contributed by atoms with Crippen molar-refractivity contribution >= 4 is 11.8 Å². The van der Waals surface area contributed by atoms with Crippen molar-refractivity contribution in [2.24, 2.45) is 0 Å². The van der Waals surface area contributed by atoms with E-state index in [0.717, 1.165) is 5.56 Å². The second-order valence-corrected chi connectivity index (χ2v) is 7.46. The van der Waals surface area contributed by atoms with Crippen LogP contribution in [0, 0.1) is 5.82 Å². The summed E-state index contributed by atoms with van der Waals surface area (Å²) in [6, 6.07) is 16.0. The van der Waals surface area contributed by atoms with E-state index in [1.165, 1.54) is 6.07 Å². The lowest BCUT2D eigenvalue weighted by Crippen LogP contribution is -2.53. The predicted molar refractivity (Wildman–Crippen MR) is 109 cm³/mol. The van der Waals surface area contributed by atoms with Gasteiger partial charge in [0.05, 0.1) is 12.0 Å². The summed E-state index contributed by atoms with van der Waals surface area (Å²) in [5.74, 6) is -0.200. The summed E-state index contributed by atoms with van der Waals surface area (Å²) >= 11 is 0. The van der Waals surface area contributed by atoms with Crippen molar-refractivity contribution in [2.75, 3.05) is 33.3 Å². The molecule has 1 fully saturated rings. The molecule has 0 unspecified atom stereocenters. The Bertz CT molecular complexity index is 848. The lowest BCUT2D eigenvalue weighted by Gasteiger charge is -2.42. The van der Waals surface area contributed by atoms with Crippen molar-refractivity contribution in [1.82, 2.24) is 9.80 Å². The summed E-state index contributed by atoms with van der Waals surface area (Å²) in [5.41, 5.74) is 0.301. The fourth-order valence-electron chi connectivity index (χ4n) is 3.91. The molecule has 0 saturated carbocycles. The van der Waals surface area contributed by atoms with Crippen molar-refractivity contribution in [3.05, 3.63) is 66.0 Å². The van der Waals surface area contributed by atoms with Crippen molar-refractivity contribution < 1.29 is 18.7 Å². The molecule has 29 heavy (non-hydrogen) atoms. The summed E-state index contributed by atoms with van der Waals surface area (Å²) in [5, 5.41) is 0. The molecular formula is C23H27FN2O3. The zero-order valence-electron chi connectivity index (χ0n) is 16.9. The highest BCUT2D eigenvalue weighted by Gasteiger charge is 2.44. The van der Waals surface area contributed by atoms with Gasteiger partial charge in [-0.3, -0.25) is 9.59 Å². The van der Waals surface area contributed by atoms with Crippen LogP contribution in [0.1, 0.15) is 25.3 Å². The molecule has 1 saturated heterocycles. The standard InChI is InChI=1S/C23H27FN2O3/c1-18(27)26-14-12-23(13-15-26,19-8-4-3-5-9-19)22(28)25(2)16-17-29-21-11-7-6-10-20(21)24/h3-11H,12-17H2,1-2H3. The molecule has 0 aromatic heterocycles. The van der Waals surface area contributed by atoms with Crippen molar-refractivity contribution in [1.29, 1.82) is 0 Å². The molecule has 5 nitrogen and oxygen atoms in total. The van der Waals surface area contributed by atoms with Gasteiger partial charge in [-0.05, 0) is 30.5 Å². The van der Waals surface area contributed by atoms with E-state index >= 15 is 0 Å². The van der Waals surface area contributed by atoms with Crippen LogP contribution in [-0.2, 0) is 15.0 Å². The number of carbonyl (C=O) groups excluding carboxylic acids is 2. The monoisotopic (exact) mass is 398 g/mol. The number of benzene rings is 2. The summed E-state index contributed by atoms with van der Waals surface area (Å²) < 4.78 is 19.2. The Morgan fingerprint density at radius 3 is 2.31 bits per heavy atom. The molecule has 2 aromatic rings. The summed E-state index contributed by atoms with van der Waals surface area (Å²) in [6.07, 6.45) is 1.15. The minimum atomic E-state index is -0.667. The lowest BCUT2D eigenvalue weighted by atomic mass is 9.71. The van der Waals surface area contributed by atoms with Gasteiger partial charge in [-0.25, -0.2) is 4.39 Å². The maximum atomic E-state index is 13.7. The average molecular weight is 398 g/mol. The minimum absolute atomic E-state index is 0.00374. The lowest BCUT2D eigenvalue weighted by molar-refractivity contribution is -0.141. The Labute approximate surface area is 171 Å². The number of hydrogen-bond donors (Lipinski definition) is 0. The molecule has 0 atom stereocenters. The van der Waals surface area contributed by atoms with Gasteiger partial charge in [0.2, 0.25) is 11.8 Å². The number of hydrogen-bond acceptors (Lipinski definition) is 3. The largest absolute Gasteiger partial charge is 0.489 e. The molecule has 2 aromatic carbocycles. The number of nitrogens with zero attached hydrogens (tertiary/aromatic N) is 2. The highest BCUT2D eigenvalue weighted by molar-refractivity contribution is 5.88. The van der Waals surface area contributed by atoms with E-state index in [1.807, 2.05) is 30.3 Å². The highest BCUT2D eigenvalue weighted by Crippen LogP contribution is 2.37. The first-order valence-corrected chi connectivity index (χ1v) is 9.88. The van der Waals surface area contributed by atoms with Gasteiger partial charge in [0.25, 0.3) is 0 Å². The van der Waals surface area contributed by atoms with Gasteiger partial charge < -0.3 is 14.5 Å². The van der Waals surface area contributed by atoms with E-state index in [4.69, 9.17) is 4.74 Å². The van der Waals surface area contributed by atoms with Crippen LogP contribution in [0.4, 0.5) is 4.39 Å². The van der Waals surface area contributed by atoms with Gasteiger partial charge >= 0.3 is 0 Å². The topological polar surface area (TPSA) is 49.9 Å². The van der Waals surface area contributed by atoms with Crippen LogP contribution in [-0.4, -0.2) is 54.9 Å². The average Bonchev–Trinajstić information content (AvgIpc) is 2.75. The molecule has 0 spiro atoms. The highest BCUT2D eigenvalue weighted by atomic mass is 19.1. The van der Waals surface area contributed by atoms with Gasteiger partial charge in [0.15, 0.2) is 11.6 Å². The molecule has 1 aliphatic heterocycles. The van der Waals surface area contributed by atoms with Crippen LogP contribution in [0.15, 0.2) is 54.6 Å². The smallest absolute Gasteiger partial charge is 0.233 e. The van der Waals surface area contributed by atoms with Crippen LogP contribution in [0.2, 0.25) is 0 Å². The molecule has 0 radical (unpaired) electrons. The Kier molecular flexibility index (Phi) is 6.52. The number of rotatable bonds is 6. The SMILES string of the molecule is CC(=O)N1CCC(C(=O)N(C)CCOc2ccccc2F)(c2ccccc2)CC1. The predicted octanol–water partition coefficient (Wildman–Crippen LogP) is 3.24. The molecule has 1 heterocycles. The molecule has 154 valence electrons. The second kappa shape index (κ2) is 9.07. The van der Waals surface area contributed by atoms with Gasteiger partial charge in [-0.15, -0.1) is 0 Å². The maximum Gasteiger partial charge on any atom is 0.233 e.